The smallest absolute Gasteiger partial charge is 0.337 e. The van der Waals surface area contributed by atoms with E-state index in [1.165, 1.54) is 18.7 Å². The van der Waals surface area contributed by atoms with Crippen LogP contribution in [0.25, 0.3) is 23.0 Å². The second kappa shape index (κ2) is 8.89. The molecule has 0 bridgehead atoms. The van der Waals surface area contributed by atoms with Crippen molar-refractivity contribution in [2.24, 2.45) is 0 Å². The second-order valence-corrected chi connectivity index (χ2v) is 7.54. The molecule has 0 aliphatic heterocycles. The molecule has 0 saturated heterocycles. The minimum atomic E-state index is -0.458. The number of ether oxygens (including phenoxy) is 1. The number of rotatable bonds is 5. The quantitative estimate of drug-likeness (QED) is 0.358. The topological polar surface area (TPSA) is 72.7 Å². The molecule has 0 saturated carbocycles. The van der Waals surface area contributed by atoms with Crippen LogP contribution in [0.15, 0.2) is 72.9 Å². The fraction of sp³-hybridized carbons (Fsp3) is 0.115. The summed E-state index contributed by atoms with van der Waals surface area (Å²) in [6.07, 6.45) is 5.17. The van der Waals surface area contributed by atoms with E-state index < -0.39 is 5.97 Å². The van der Waals surface area contributed by atoms with Gasteiger partial charge in [-0.1, -0.05) is 35.9 Å². The molecule has 160 valence electrons. The zero-order chi connectivity index (χ0) is 22.7. The van der Waals surface area contributed by atoms with E-state index in [2.05, 4.69) is 5.32 Å². The maximum absolute atomic E-state index is 12.6. The zero-order valence-electron chi connectivity index (χ0n) is 18.1. The van der Waals surface area contributed by atoms with Crippen molar-refractivity contribution in [3.63, 3.8) is 0 Å². The Bertz CT molecular complexity index is 1330. The van der Waals surface area contributed by atoms with Crippen LogP contribution in [-0.2, 0) is 9.53 Å². The van der Waals surface area contributed by atoms with Crippen LogP contribution in [0.1, 0.15) is 27.2 Å². The molecule has 1 amide bonds. The van der Waals surface area contributed by atoms with Gasteiger partial charge in [0.15, 0.2) is 0 Å². The van der Waals surface area contributed by atoms with Crippen LogP contribution in [0.4, 0.5) is 5.69 Å². The minimum absolute atomic E-state index is 0.316. The number of esters is 1. The largest absolute Gasteiger partial charge is 0.465 e. The van der Waals surface area contributed by atoms with Crippen molar-refractivity contribution in [1.82, 2.24) is 9.38 Å². The fourth-order valence-corrected chi connectivity index (χ4v) is 3.43. The highest BCUT2D eigenvalue weighted by Gasteiger charge is 2.13. The number of aryl methyl sites for hydroxylation is 2. The zero-order valence-corrected chi connectivity index (χ0v) is 18.1. The molecule has 0 radical (unpaired) electrons. The lowest BCUT2D eigenvalue weighted by atomic mass is 10.1. The number of carbonyl (C=O) groups is 2. The van der Waals surface area contributed by atoms with Gasteiger partial charge in [-0.05, 0) is 55.8 Å². The lowest BCUT2D eigenvalue weighted by Crippen LogP contribution is -2.09. The molecule has 32 heavy (non-hydrogen) atoms. The summed E-state index contributed by atoms with van der Waals surface area (Å²) in [5.74, 6) is -0.774. The molecule has 1 N–H and O–H groups in total. The first-order valence-electron chi connectivity index (χ1n) is 10.2. The molecule has 4 aromatic rings. The second-order valence-electron chi connectivity index (χ2n) is 7.54. The van der Waals surface area contributed by atoms with Gasteiger partial charge in [-0.2, -0.15) is 0 Å². The monoisotopic (exact) mass is 425 g/mol. The van der Waals surface area contributed by atoms with E-state index in [0.717, 1.165) is 28.2 Å². The van der Waals surface area contributed by atoms with Crippen molar-refractivity contribution < 1.29 is 14.3 Å². The van der Waals surface area contributed by atoms with Crippen LogP contribution < -0.4 is 5.32 Å². The molecule has 6 nitrogen and oxygen atoms in total. The summed E-state index contributed by atoms with van der Waals surface area (Å²) in [5, 5.41) is 2.78. The van der Waals surface area contributed by atoms with Crippen molar-refractivity contribution in [3.8, 4) is 11.3 Å². The third-order valence-corrected chi connectivity index (χ3v) is 5.09. The van der Waals surface area contributed by atoms with Crippen LogP contribution >= 0.6 is 0 Å². The van der Waals surface area contributed by atoms with Gasteiger partial charge < -0.3 is 10.1 Å². The third kappa shape index (κ3) is 4.44. The number of benzene rings is 2. The number of pyridine rings is 1. The van der Waals surface area contributed by atoms with Crippen LogP contribution in [0.3, 0.4) is 0 Å². The van der Waals surface area contributed by atoms with E-state index in [0.29, 0.717) is 11.3 Å². The SMILES string of the molecule is COC(=O)c1cccc(NC(=O)/C=C/c2c(-c3ccc(C)cc3)nc3cc(C)ccn23)c1. The van der Waals surface area contributed by atoms with Gasteiger partial charge in [-0.25, -0.2) is 9.78 Å². The van der Waals surface area contributed by atoms with Crippen molar-refractivity contribution in [2.75, 3.05) is 12.4 Å². The fourth-order valence-electron chi connectivity index (χ4n) is 3.43. The van der Waals surface area contributed by atoms with Crippen LogP contribution in [-0.4, -0.2) is 28.4 Å². The van der Waals surface area contributed by atoms with Crippen LogP contribution in [0.5, 0.6) is 0 Å². The van der Waals surface area contributed by atoms with Gasteiger partial charge in [0.25, 0.3) is 0 Å². The molecular formula is C26H23N3O3. The molecule has 0 spiro atoms. The van der Waals surface area contributed by atoms with E-state index in [4.69, 9.17) is 9.72 Å². The van der Waals surface area contributed by atoms with E-state index >= 15 is 0 Å². The Morgan fingerprint density at radius 1 is 1.00 bits per heavy atom. The summed E-state index contributed by atoms with van der Waals surface area (Å²) >= 11 is 0. The number of fused-ring (bicyclic) bond motifs is 1. The molecule has 4 rings (SSSR count). The Kier molecular flexibility index (Phi) is 5.85. The Balaban J connectivity index is 1.66. The molecule has 2 heterocycles. The number of aromatic nitrogens is 2. The standard InChI is InChI=1S/C26H23N3O3/c1-17-7-9-19(10-8-17)25-22(29-14-13-18(2)15-23(29)28-25)11-12-24(30)27-21-6-4-5-20(16-21)26(31)32-3/h4-16H,1-3H3,(H,27,30)/b12-11+. The van der Waals surface area contributed by atoms with Crippen molar-refractivity contribution in [2.45, 2.75) is 13.8 Å². The van der Waals surface area contributed by atoms with Gasteiger partial charge in [0.1, 0.15) is 5.65 Å². The number of anilines is 1. The minimum Gasteiger partial charge on any atom is -0.465 e. The molecule has 6 heteroatoms. The van der Waals surface area contributed by atoms with Gasteiger partial charge in [-0.3, -0.25) is 9.20 Å². The number of nitrogens with one attached hydrogen (secondary N) is 1. The summed E-state index contributed by atoms with van der Waals surface area (Å²) in [6, 6.07) is 18.8. The van der Waals surface area contributed by atoms with E-state index in [9.17, 15) is 9.59 Å². The highest BCUT2D eigenvalue weighted by atomic mass is 16.5. The number of hydrogen-bond acceptors (Lipinski definition) is 4. The number of amides is 1. The number of imidazole rings is 1. The van der Waals surface area contributed by atoms with E-state index in [-0.39, 0.29) is 5.91 Å². The molecule has 2 aromatic carbocycles. The Hall–Kier alpha value is -4.19. The summed E-state index contributed by atoms with van der Waals surface area (Å²) < 4.78 is 6.69. The highest BCUT2D eigenvalue weighted by molar-refractivity contribution is 6.03. The third-order valence-electron chi connectivity index (χ3n) is 5.09. The van der Waals surface area contributed by atoms with Crippen molar-refractivity contribution in [3.05, 3.63) is 95.3 Å². The van der Waals surface area contributed by atoms with Crippen molar-refractivity contribution in [1.29, 1.82) is 0 Å². The maximum atomic E-state index is 12.6. The molecule has 0 atom stereocenters. The van der Waals surface area contributed by atoms with Gasteiger partial charge in [0, 0.05) is 23.5 Å². The molecular weight excluding hydrogens is 402 g/mol. The average molecular weight is 425 g/mol. The predicted molar refractivity (Wildman–Crippen MR) is 126 cm³/mol. The highest BCUT2D eigenvalue weighted by Crippen LogP contribution is 2.26. The molecule has 0 aliphatic carbocycles. The van der Waals surface area contributed by atoms with Gasteiger partial charge >= 0.3 is 5.97 Å². The first-order valence-corrected chi connectivity index (χ1v) is 10.2. The predicted octanol–water partition coefficient (Wildman–Crippen LogP) is 5.06. The molecule has 0 aliphatic rings. The Labute approximate surface area is 186 Å². The Morgan fingerprint density at radius 2 is 1.78 bits per heavy atom. The first-order chi connectivity index (χ1) is 15.4. The average Bonchev–Trinajstić information content (AvgIpc) is 3.15. The maximum Gasteiger partial charge on any atom is 0.337 e. The summed E-state index contributed by atoms with van der Waals surface area (Å²) in [7, 11) is 1.32. The van der Waals surface area contributed by atoms with E-state index in [1.54, 1.807) is 30.3 Å². The lowest BCUT2D eigenvalue weighted by molar-refractivity contribution is -0.111. The number of hydrogen-bond donors (Lipinski definition) is 1. The van der Waals surface area contributed by atoms with Crippen LogP contribution in [0, 0.1) is 13.8 Å². The van der Waals surface area contributed by atoms with Crippen LogP contribution in [0.2, 0.25) is 0 Å². The van der Waals surface area contributed by atoms with Gasteiger partial charge in [0.2, 0.25) is 5.91 Å². The van der Waals surface area contributed by atoms with Crippen molar-refractivity contribution >= 4 is 29.3 Å². The van der Waals surface area contributed by atoms with Gasteiger partial charge in [-0.15, -0.1) is 0 Å². The molecule has 0 fully saturated rings. The summed E-state index contributed by atoms with van der Waals surface area (Å²) in [4.78, 5) is 29.1. The summed E-state index contributed by atoms with van der Waals surface area (Å²) in [5.41, 5.74) is 6.54. The number of nitrogens with zero attached hydrogens (tertiary/aromatic N) is 2. The lowest BCUT2D eigenvalue weighted by Gasteiger charge is -2.05. The molecule has 0 unspecified atom stereocenters. The number of carbonyl (C=O) groups excluding carboxylic acids is 2. The normalized spacial score (nSPS) is 11.1. The first kappa shape index (κ1) is 21.1. The summed E-state index contributed by atoms with van der Waals surface area (Å²) in [6.45, 7) is 4.06. The Morgan fingerprint density at radius 3 is 2.53 bits per heavy atom. The van der Waals surface area contributed by atoms with Gasteiger partial charge in [0.05, 0.1) is 24.1 Å². The number of methoxy groups -OCH3 is 1. The van der Waals surface area contributed by atoms with E-state index in [1.807, 2.05) is 60.8 Å². The molecule has 2 aromatic heterocycles.